The van der Waals surface area contributed by atoms with Crippen molar-refractivity contribution in [2.45, 2.75) is 17.9 Å². The van der Waals surface area contributed by atoms with Crippen LogP contribution in [0.15, 0.2) is 47.4 Å². The molecule has 0 aliphatic heterocycles. The Morgan fingerprint density at radius 1 is 1.10 bits per heavy atom. The van der Waals surface area contributed by atoms with Crippen molar-refractivity contribution in [1.29, 1.82) is 0 Å². The molecule has 0 aliphatic rings. The predicted octanol–water partition coefficient (Wildman–Crippen LogP) is 3.57. The molecule has 0 aliphatic carbocycles. The van der Waals surface area contributed by atoms with Gasteiger partial charge in [0.1, 0.15) is 11.6 Å². The minimum Gasteiger partial charge on any atom is -0.271 e. The normalized spacial score (nSPS) is 12.4. The molecule has 2 rings (SSSR count). The van der Waals surface area contributed by atoms with Crippen molar-refractivity contribution in [1.82, 2.24) is 5.43 Å². The van der Waals surface area contributed by atoms with Crippen molar-refractivity contribution in [3.63, 3.8) is 0 Å². The Hall–Kier alpha value is -1.43. The molecule has 0 fully saturated rings. The first kappa shape index (κ1) is 15.0. The molecule has 106 valence electrons. The second-order valence-electron chi connectivity index (χ2n) is 4.49. The molecular weight excluding hydrogens is 278 g/mol. The second kappa shape index (κ2) is 6.83. The second-order valence-corrected chi connectivity index (χ2v) is 5.58. The molecule has 0 spiro atoms. The van der Waals surface area contributed by atoms with Gasteiger partial charge in [-0.1, -0.05) is 6.07 Å². The van der Waals surface area contributed by atoms with E-state index in [1.165, 1.54) is 24.3 Å². The van der Waals surface area contributed by atoms with Crippen molar-refractivity contribution < 1.29 is 8.78 Å². The van der Waals surface area contributed by atoms with Crippen molar-refractivity contribution in [3.8, 4) is 0 Å². The fourth-order valence-electron chi connectivity index (χ4n) is 1.97. The van der Waals surface area contributed by atoms with Gasteiger partial charge in [-0.3, -0.25) is 11.3 Å². The van der Waals surface area contributed by atoms with Gasteiger partial charge in [-0.2, -0.15) is 0 Å². The molecule has 3 N–H and O–H groups in total. The first-order valence-corrected chi connectivity index (χ1v) is 7.19. The van der Waals surface area contributed by atoms with Gasteiger partial charge in [0.15, 0.2) is 0 Å². The molecule has 1 atom stereocenters. The number of hydrogen-bond acceptors (Lipinski definition) is 3. The highest BCUT2D eigenvalue weighted by Gasteiger charge is 2.13. The lowest BCUT2D eigenvalue weighted by atomic mass is 10.0. The summed E-state index contributed by atoms with van der Waals surface area (Å²) in [6.07, 6.45) is 0. The van der Waals surface area contributed by atoms with E-state index in [0.29, 0.717) is 5.75 Å². The average molecular weight is 294 g/mol. The average Bonchev–Trinajstić information content (AvgIpc) is 2.43. The van der Waals surface area contributed by atoms with Gasteiger partial charge in [-0.25, -0.2) is 8.78 Å². The Bertz CT molecular complexity index is 573. The molecular formula is C15H16F2N2S. The van der Waals surface area contributed by atoms with Gasteiger partial charge in [0.25, 0.3) is 0 Å². The quantitative estimate of drug-likeness (QED) is 0.503. The molecule has 0 saturated heterocycles. The van der Waals surface area contributed by atoms with E-state index in [0.717, 1.165) is 16.0 Å². The van der Waals surface area contributed by atoms with Crippen LogP contribution in [0.1, 0.15) is 17.2 Å². The van der Waals surface area contributed by atoms with Gasteiger partial charge in [-0.15, -0.1) is 11.8 Å². The Labute approximate surface area is 121 Å². The molecule has 0 amide bonds. The predicted molar refractivity (Wildman–Crippen MR) is 78.3 cm³/mol. The van der Waals surface area contributed by atoms with E-state index in [1.54, 1.807) is 30.0 Å². The number of hydrogen-bond donors (Lipinski definition) is 2. The zero-order valence-corrected chi connectivity index (χ0v) is 11.9. The van der Waals surface area contributed by atoms with Crippen LogP contribution in [-0.2, 0) is 0 Å². The van der Waals surface area contributed by atoms with Gasteiger partial charge in [0.2, 0.25) is 0 Å². The van der Waals surface area contributed by atoms with E-state index in [4.69, 9.17) is 5.84 Å². The first-order chi connectivity index (χ1) is 9.60. The number of nitrogens with one attached hydrogen (secondary N) is 1. The standard InChI is InChI=1S/C15H16F2N2S/c1-10-8-12(17)4-7-14(10)15(19-18)9-20-13-5-2-11(16)3-6-13/h2-8,15,19H,9,18H2,1H3. The highest BCUT2D eigenvalue weighted by Crippen LogP contribution is 2.26. The molecule has 2 aromatic rings. The summed E-state index contributed by atoms with van der Waals surface area (Å²) in [7, 11) is 0. The van der Waals surface area contributed by atoms with Crippen molar-refractivity contribution in [2.24, 2.45) is 5.84 Å². The summed E-state index contributed by atoms with van der Waals surface area (Å²) in [5.41, 5.74) is 4.56. The van der Waals surface area contributed by atoms with E-state index in [-0.39, 0.29) is 17.7 Å². The van der Waals surface area contributed by atoms with Gasteiger partial charge >= 0.3 is 0 Å². The Morgan fingerprint density at radius 3 is 2.35 bits per heavy atom. The third-order valence-corrected chi connectivity index (χ3v) is 4.14. The summed E-state index contributed by atoms with van der Waals surface area (Å²) in [6.45, 7) is 1.85. The molecule has 2 nitrogen and oxygen atoms in total. The molecule has 0 bridgehead atoms. The number of nitrogens with two attached hydrogens (primary N) is 1. The van der Waals surface area contributed by atoms with Crippen LogP contribution in [0.3, 0.4) is 0 Å². The zero-order chi connectivity index (χ0) is 14.5. The largest absolute Gasteiger partial charge is 0.271 e. The van der Waals surface area contributed by atoms with Crippen molar-refractivity contribution >= 4 is 11.8 Å². The summed E-state index contributed by atoms with van der Waals surface area (Å²) >= 11 is 1.57. The van der Waals surface area contributed by atoms with Crippen molar-refractivity contribution in [2.75, 3.05) is 5.75 Å². The van der Waals surface area contributed by atoms with Gasteiger partial charge < -0.3 is 0 Å². The van der Waals surface area contributed by atoms with E-state index in [1.807, 2.05) is 6.92 Å². The molecule has 5 heteroatoms. The number of rotatable bonds is 5. The van der Waals surface area contributed by atoms with Crippen molar-refractivity contribution in [3.05, 3.63) is 65.2 Å². The number of halogens is 2. The molecule has 2 aromatic carbocycles. The molecule has 0 heterocycles. The number of aryl methyl sites for hydroxylation is 1. The van der Waals surface area contributed by atoms with Gasteiger partial charge in [0, 0.05) is 10.6 Å². The van der Waals surface area contributed by atoms with Crippen LogP contribution in [0, 0.1) is 18.6 Å². The van der Waals surface area contributed by atoms with E-state index < -0.39 is 0 Å². The topological polar surface area (TPSA) is 38.0 Å². The number of thioether (sulfide) groups is 1. The maximum atomic E-state index is 13.1. The molecule has 1 unspecified atom stereocenters. The van der Waals surface area contributed by atoms with Crippen LogP contribution in [0.5, 0.6) is 0 Å². The Kier molecular flexibility index (Phi) is 5.11. The molecule has 20 heavy (non-hydrogen) atoms. The van der Waals surface area contributed by atoms with E-state index >= 15 is 0 Å². The fourth-order valence-corrected chi connectivity index (χ4v) is 2.93. The monoisotopic (exact) mass is 294 g/mol. The SMILES string of the molecule is Cc1cc(F)ccc1C(CSc1ccc(F)cc1)NN. The molecule has 0 radical (unpaired) electrons. The van der Waals surface area contributed by atoms with Crippen LogP contribution in [0.25, 0.3) is 0 Å². The van der Waals surface area contributed by atoms with Gasteiger partial charge in [0.05, 0.1) is 6.04 Å². The van der Waals surface area contributed by atoms with Crippen LogP contribution < -0.4 is 11.3 Å². The summed E-state index contributed by atoms with van der Waals surface area (Å²) < 4.78 is 25.9. The maximum Gasteiger partial charge on any atom is 0.123 e. The molecule has 0 aromatic heterocycles. The Morgan fingerprint density at radius 2 is 1.75 bits per heavy atom. The van der Waals surface area contributed by atoms with Crippen LogP contribution in [0.2, 0.25) is 0 Å². The van der Waals surface area contributed by atoms with E-state index in [2.05, 4.69) is 5.43 Å². The van der Waals surface area contributed by atoms with Gasteiger partial charge in [-0.05, 0) is 54.4 Å². The minimum atomic E-state index is -0.256. The highest BCUT2D eigenvalue weighted by atomic mass is 32.2. The van der Waals surface area contributed by atoms with Crippen LogP contribution in [-0.4, -0.2) is 5.75 Å². The third-order valence-electron chi connectivity index (χ3n) is 3.04. The van der Waals surface area contributed by atoms with Crippen LogP contribution in [0.4, 0.5) is 8.78 Å². The number of hydrazine groups is 1. The zero-order valence-electron chi connectivity index (χ0n) is 11.1. The highest BCUT2D eigenvalue weighted by molar-refractivity contribution is 7.99. The Balaban J connectivity index is 2.07. The number of benzene rings is 2. The lowest BCUT2D eigenvalue weighted by molar-refractivity contribution is 0.597. The summed E-state index contributed by atoms with van der Waals surface area (Å²) in [4.78, 5) is 0.964. The third kappa shape index (κ3) is 3.79. The maximum absolute atomic E-state index is 13.1. The molecule has 0 saturated carbocycles. The lowest BCUT2D eigenvalue weighted by Gasteiger charge is -2.18. The summed E-state index contributed by atoms with van der Waals surface area (Å²) in [6, 6.07) is 10.9. The summed E-state index contributed by atoms with van der Waals surface area (Å²) in [5.74, 6) is 5.75. The fraction of sp³-hybridized carbons (Fsp3) is 0.200. The first-order valence-electron chi connectivity index (χ1n) is 6.20. The smallest absolute Gasteiger partial charge is 0.123 e. The minimum absolute atomic E-state index is 0.0920. The summed E-state index contributed by atoms with van der Waals surface area (Å²) in [5, 5.41) is 0. The lowest BCUT2D eigenvalue weighted by Crippen LogP contribution is -2.30. The van der Waals surface area contributed by atoms with Crippen LogP contribution >= 0.6 is 11.8 Å². The van der Waals surface area contributed by atoms with E-state index in [9.17, 15) is 8.78 Å².